The van der Waals surface area contributed by atoms with Gasteiger partial charge in [0.15, 0.2) is 17.2 Å². The Bertz CT molecular complexity index is 3410. The minimum atomic E-state index is 0.666. The Kier molecular flexibility index (Phi) is 8.61. The molecule has 4 aromatic heterocycles. The van der Waals surface area contributed by atoms with Crippen molar-refractivity contribution in [1.29, 1.82) is 0 Å². The molecule has 8 aromatic carbocycles. The number of aromatic nitrogens is 4. The molecule has 0 unspecified atom stereocenters. The van der Waals surface area contributed by atoms with Gasteiger partial charge in [-0.3, -0.25) is 0 Å². The molecule has 290 valence electrons. The van der Waals surface area contributed by atoms with E-state index in [0.29, 0.717) is 11.4 Å². The van der Waals surface area contributed by atoms with Gasteiger partial charge in [0.2, 0.25) is 0 Å². The van der Waals surface area contributed by atoms with E-state index in [1.165, 1.54) is 4.70 Å². The van der Waals surface area contributed by atoms with Gasteiger partial charge in [0.05, 0.1) is 15.9 Å². The second-order valence-corrected chi connectivity index (χ2v) is 16.5. The maximum absolute atomic E-state index is 6.46. The highest BCUT2D eigenvalue weighted by Crippen LogP contribution is 2.41. The maximum Gasteiger partial charge on any atom is 0.180 e. The Morgan fingerprint density at radius 2 is 0.742 bits per heavy atom. The average molecular weight is 811 g/mol. The quantitative estimate of drug-likeness (QED) is 0.160. The highest BCUT2D eigenvalue weighted by atomic mass is 32.1. The first-order valence-electron chi connectivity index (χ1n) is 20.6. The number of hydrogen-bond acceptors (Lipinski definition) is 6. The first kappa shape index (κ1) is 35.8. The SMILES string of the molecule is c1ccc(-c2nc(-c3cccc(-c4cccc(-c5cccc(-c6cccc(-c7nc(-c8ccccc8)nc8c7sc7ccccc78)c6)c5)c4)c3)c3oc4ccccc4c3n2)cc1. The van der Waals surface area contributed by atoms with Gasteiger partial charge in [0.1, 0.15) is 16.8 Å². The topological polar surface area (TPSA) is 64.7 Å². The fraction of sp³-hybridized carbons (Fsp3) is 0. The highest BCUT2D eigenvalue weighted by molar-refractivity contribution is 7.26. The van der Waals surface area contributed by atoms with Gasteiger partial charge in [-0.15, -0.1) is 11.3 Å². The zero-order chi connectivity index (χ0) is 41.0. The van der Waals surface area contributed by atoms with Crippen LogP contribution in [0.25, 0.3) is 121 Å². The van der Waals surface area contributed by atoms with Crippen molar-refractivity contribution >= 4 is 53.7 Å². The van der Waals surface area contributed by atoms with Crippen LogP contribution in [0.3, 0.4) is 0 Å². The smallest absolute Gasteiger partial charge is 0.180 e. The predicted molar refractivity (Wildman–Crippen MR) is 256 cm³/mol. The van der Waals surface area contributed by atoms with Crippen molar-refractivity contribution in [1.82, 2.24) is 19.9 Å². The van der Waals surface area contributed by atoms with Crippen LogP contribution in [0.4, 0.5) is 0 Å². The summed E-state index contributed by atoms with van der Waals surface area (Å²) in [7, 11) is 0. The summed E-state index contributed by atoms with van der Waals surface area (Å²) in [5, 5.41) is 2.13. The number of benzene rings is 8. The summed E-state index contributed by atoms with van der Waals surface area (Å²) in [6.45, 7) is 0. The van der Waals surface area contributed by atoms with Gasteiger partial charge in [-0.25, -0.2) is 19.9 Å². The van der Waals surface area contributed by atoms with E-state index >= 15 is 0 Å². The van der Waals surface area contributed by atoms with E-state index in [-0.39, 0.29) is 0 Å². The third-order valence-corrected chi connectivity index (χ3v) is 12.7. The highest BCUT2D eigenvalue weighted by Gasteiger charge is 2.20. The molecule has 12 aromatic rings. The molecule has 0 N–H and O–H groups in total. The minimum absolute atomic E-state index is 0.666. The molecular weight excluding hydrogens is 777 g/mol. The Balaban J connectivity index is 0.913. The molecule has 0 bridgehead atoms. The summed E-state index contributed by atoms with van der Waals surface area (Å²) < 4.78 is 8.75. The number of rotatable bonds is 7. The van der Waals surface area contributed by atoms with Crippen molar-refractivity contribution < 1.29 is 4.42 Å². The summed E-state index contributed by atoms with van der Waals surface area (Å²) in [6, 6.07) is 71.8. The minimum Gasteiger partial charge on any atom is -0.452 e. The number of hydrogen-bond donors (Lipinski definition) is 0. The zero-order valence-electron chi connectivity index (χ0n) is 33.2. The number of nitrogens with zero attached hydrogens (tertiary/aromatic N) is 4. The Labute approximate surface area is 361 Å². The van der Waals surface area contributed by atoms with Gasteiger partial charge in [0, 0.05) is 37.7 Å². The predicted octanol–water partition coefficient (Wildman–Crippen LogP) is 15.2. The molecule has 0 atom stereocenters. The Morgan fingerprint density at radius 1 is 0.323 bits per heavy atom. The van der Waals surface area contributed by atoms with Gasteiger partial charge < -0.3 is 4.42 Å². The average Bonchev–Trinajstić information content (AvgIpc) is 3.93. The third kappa shape index (κ3) is 6.33. The zero-order valence-corrected chi connectivity index (χ0v) is 34.1. The first-order chi connectivity index (χ1) is 30.7. The van der Waals surface area contributed by atoms with Gasteiger partial charge >= 0.3 is 0 Å². The largest absolute Gasteiger partial charge is 0.452 e. The summed E-state index contributed by atoms with van der Waals surface area (Å²) in [6.07, 6.45) is 0. The van der Waals surface area contributed by atoms with Crippen molar-refractivity contribution in [3.8, 4) is 78.7 Å². The molecule has 0 saturated carbocycles. The first-order valence-corrected chi connectivity index (χ1v) is 21.4. The molecule has 0 fully saturated rings. The summed E-state index contributed by atoms with van der Waals surface area (Å²) in [5.41, 5.74) is 15.7. The van der Waals surface area contributed by atoms with Crippen molar-refractivity contribution in [2.45, 2.75) is 0 Å². The Morgan fingerprint density at radius 3 is 1.32 bits per heavy atom. The molecule has 0 spiro atoms. The number of thiophene rings is 1. The summed E-state index contributed by atoms with van der Waals surface area (Å²) >= 11 is 1.75. The number of fused-ring (bicyclic) bond motifs is 6. The molecule has 5 nitrogen and oxygen atoms in total. The molecule has 4 heterocycles. The van der Waals surface area contributed by atoms with E-state index < -0.39 is 0 Å². The Hall–Kier alpha value is -8.06. The molecule has 0 radical (unpaired) electrons. The fourth-order valence-electron chi connectivity index (χ4n) is 8.45. The molecule has 6 heteroatoms. The lowest BCUT2D eigenvalue weighted by molar-refractivity contribution is 0.667. The van der Waals surface area contributed by atoms with Gasteiger partial charge in [-0.2, -0.15) is 0 Å². The lowest BCUT2D eigenvalue weighted by atomic mass is 9.94. The van der Waals surface area contributed by atoms with Gasteiger partial charge in [-0.1, -0.05) is 164 Å². The van der Waals surface area contributed by atoms with Crippen LogP contribution in [-0.4, -0.2) is 19.9 Å². The molecule has 62 heavy (non-hydrogen) atoms. The summed E-state index contributed by atoms with van der Waals surface area (Å²) in [4.78, 5) is 20.5. The lowest BCUT2D eigenvalue weighted by Gasteiger charge is -2.11. The van der Waals surface area contributed by atoms with E-state index in [2.05, 4.69) is 140 Å². The van der Waals surface area contributed by atoms with E-state index in [9.17, 15) is 0 Å². The molecule has 0 aliphatic rings. The number of para-hydroxylation sites is 1. The van der Waals surface area contributed by atoms with Crippen molar-refractivity contribution in [2.75, 3.05) is 0 Å². The van der Waals surface area contributed by atoms with Crippen LogP contribution in [0.2, 0.25) is 0 Å². The fourth-order valence-corrected chi connectivity index (χ4v) is 9.61. The molecular formula is C56H34N4OS. The maximum atomic E-state index is 6.46. The third-order valence-electron chi connectivity index (χ3n) is 11.5. The monoisotopic (exact) mass is 810 g/mol. The van der Waals surface area contributed by atoms with Crippen LogP contribution >= 0.6 is 11.3 Å². The van der Waals surface area contributed by atoms with Crippen LogP contribution in [0.15, 0.2) is 211 Å². The van der Waals surface area contributed by atoms with E-state index in [4.69, 9.17) is 24.4 Å². The van der Waals surface area contributed by atoms with Crippen LogP contribution in [-0.2, 0) is 0 Å². The normalized spacial score (nSPS) is 11.5. The van der Waals surface area contributed by atoms with E-state index in [1.54, 1.807) is 11.3 Å². The molecule has 0 aliphatic heterocycles. The van der Waals surface area contributed by atoms with Crippen molar-refractivity contribution in [3.05, 3.63) is 206 Å². The van der Waals surface area contributed by atoms with Crippen LogP contribution in [0.5, 0.6) is 0 Å². The van der Waals surface area contributed by atoms with Gasteiger partial charge in [-0.05, 0) is 75.8 Å². The van der Waals surface area contributed by atoms with Crippen LogP contribution in [0, 0.1) is 0 Å². The van der Waals surface area contributed by atoms with Gasteiger partial charge in [0.25, 0.3) is 0 Å². The van der Waals surface area contributed by atoms with Crippen LogP contribution < -0.4 is 0 Å². The van der Waals surface area contributed by atoms with Crippen LogP contribution in [0.1, 0.15) is 0 Å². The second-order valence-electron chi connectivity index (χ2n) is 15.4. The second kappa shape index (κ2) is 14.9. The molecule has 0 amide bonds. The van der Waals surface area contributed by atoms with Crippen molar-refractivity contribution in [3.63, 3.8) is 0 Å². The lowest BCUT2D eigenvalue weighted by Crippen LogP contribution is -1.94. The standard InChI is InChI=1S/C56H34N4OS/c1-3-15-35(16-4-1)55-57-49(53-51(59-55)45-27-7-9-29-47(45)61-53)43-25-13-23-41(33-43)39-21-11-19-37(31-39)38-20-12-22-40(32-38)42-24-14-26-44(34-42)50-54-52(46-28-8-10-30-48(46)62-54)60-56(58-50)36-17-5-2-6-18-36/h1-34H. The van der Waals surface area contributed by atoms with E-state index in [0.717, 1.165) is 105 Å². The van der Waals surface area contributed by atoms with E-state index in [1.807, 2.05) is 66.7 Å². The summed E-state index contributed by atoms with van der Waals surface area (Å²) in [5.74, 6) is 1.39. The molecule has 0 aliphatic carbocycles. The van der Waals surface area contributed by atoms with Crippen molar-refractivity contribution in [2.24, 2.45) is 0 Å². The number of furan rings is 1. The molecule has 12 rings (SSSR count). The molecule has 0 saturated heterocycles.